The van der Waals surface area contributed by atoms with Gasteiger partial charge in [-0.25, -0.2) is 0 Å². The number of hydrogen-bond donors (Lipinski definition) is 1. The molecule has 0 radical (unpaired) electrons. The molecule has 1 aliphatic carbocycles. The van der Waals surface area contributed by atoms with Crippen molar-refractivity contribution in [2.75, 3.05) is 0 Å². The molecule has 2 aromatic rings. The highest BCUT2D eigenvalue weighted by Gasteiger charge is 2.38. The lowest BCUT2D eigenvalue weighted by molar-refractivity contribution is 0.198. The van der Waals surface area contributed by atoms with Crippen LogP contribution in [-0.4, -0.2) is 6.04 Å². The largest absolute Gasteiger partial charge is 0.327 e. The molecule has 3 heteroatoms. The van der Waals surface area contributed by atoms with Crippen molar-refractivity contribution >= 4 is 23.2 Å². The van der Waals surface area contributed by atoms with Crippen molar-refractivity contribution in [1.29, 1.82) is 0 Å². The molecule has 3 rings (SSSR count). The standard InChI is InChI=1S/C23H27Cl2N/c1-16(23(17(2)26)11-7-4-8-12-23)13-18-14-20(24)22(21(25)15-18)19-9-5-3-6-10-19/h3,5-6,9-10,14-15,17H,1,4,7-8,11-13,26H2,2H3. The molecule has 0 bridgehead atoms. The second kappa shape index (κ2) is 8.17. The molecule has 0 heterocycles. The molecule has 138 valence electrons. The maximum atomic E-state index is 6.60. The van der Waals surface area contributed by atoms with Crippen LogP contribution in [0.1, 0.15) is 44.6 Å². The second-order valence-corrected chi connectivity index (χ2v) is 8.40. The van der Waals surface area contributed by atoms with Crippen LogP contribution in [0.15, 0.2) is 54.6 Å². The molecule has 0 amide bonds. The Hall–Kier alpha value is -1.28. The summed E-state index contributed by atoms with van der Waals surface area (Å²) in [5, 5.41) is 1.37. The zero-order valence-corrected chi connectivity index (χ0v) is 16.9. The van der Waals surface area contributed by atoms with Crippen LogP contribution >= 0.6 is 23.2 Å². The Balaban J connectivity index is 1.87. The minimum atomic E-state index is 0.0370. The lowest BCUT2D eigenvalue weighted by Gasteiger charge is -2.42. The number of hydrogen-bond acceptors (Lipinski definition) is 1. The van der Waals surface area contributed by atoms with Crippen molar-refractivity contribution in [1.82, 2.24) is 0 Å². The average Bonchev–Trinajstić information content (AvgIpc) is 2.62. The maximum absolute atomic E-state index is 6.60. The first-order chi connectivity index (χ1) is 12.4. The summed E-state index contributed by atoms with van der Waals surface area (Å²) in [5.74, 6) is 0. The second-order valence-electron chi connectivity index (χ2n) is 7.59. The van der Waals surface area contributed by atoms with E-state index in [9.17, 15) is 0 Å². The zero-order chi connectivity index (χ0) is 18.7. The monoisotopic (exact) mass is 387 g/mol. The number of halogens is 2. The van der Waals surface area contributed by atoms with Gasteiger partial charge in [-0.05, 0) is 49.4 Å². The van der Waals surface area contributed by atoms with Crippen LogP contribution in [0.3, 0.4) is 0 Å². The van der Waals surface area contributed by atoms with Gasteiger partial charge in [-0.2, -0.15) is 0 Å². The van der Waals surface area contributed by atoms with E-state index in [1.54, 1.807) is 0 Å². The molecule has 26 heavy (non-hydrogen) atoms. The fourth-order valence-corrected chi connectivity index (χ4v) is 5.09. The highest BCUT2D eigenvalue weighted by atomic mass is 35.5. The number of nitrogens with two attached hydrogens (primary N) is 1. The molecule has 1 fully saturated rings. The van der Waals surface area contributed by atoms with E-state index < -0.39 is 0 Å². The van der Waals surface area contributed by atoms with Crippen LogP contribution in [0.4, 0.5) is 0 Å². The molecule has 0 aromatic heterocycles. The van der Waals surface area contributed by atoms with Gasteiger partial charge in [0, 0.05) is 17.0 Å². The Morgan fingerprint density at radius 3 is 2.19 bits per heavy atom. The Kier molecular flexibility index (Phi) is 6.12. The first-order valence-electron chi connectivity index (χ1n) is 9.41. The van der Waals surface area contributed by atoms with Crippen LogP contribution in [-0.2, 0) is 6.42 Å². The van der Waals surface area contributed by atoms with E-state index in [1.807, 2.05) is 42.5 Å². The zero-order valence-electron chi connectivity index (χ0n) is 15.4. The maximum Gasteiger partial charge on any atom is 0.0502 e. The predicted molar refractivity (Wildman–Crippen MR) is 114 cm³/mol. The molecule has 0 spiro atoms. The van der Waals surface area contributed by atoms with Gasteiger partial charge in [-0.3, -0.25) is 0 Å². The van der Waals surface area contributed by atoms with Crippen LogP contribution in [0.25, 0.3) is 11.1 Å². The van der Waals surface area contributed by atoms with Crippen LogP contribution in [0, 0.1) is 5.41 Å². The van der Waals surface area contributed by atoms with Gasteiger partial charge in [0.1, 0.15) is 0 Å². The van der Waals surface area contributed by atoms with Gasteiger partial charge in [0.15, 0.2) is 0 Å². The van der Waals surface area contributed by atoms with Gasteiger partial charge in [0.25, 0.3) is 0 Å². The normalized spacial score (nSPS) is 17.7. The minimum Gasteiger partial charge on any atom is -0.327 e. The third-order valence-corrected chi connectivity index (χ3v) is 6.50. The molecule has 1 aliphatic rings. The third kappa shape index (κ3) is 3.86. The van der Waals surface area contributed by atoms with E-state index in [0.717, 1.165) is 36.0 Å². The summed E-state index contributed by atoms with van der Waals surface area (Å²) >= 11 is 13.2. The lowest BCUT2D eigenvalue weighted by atomic mass is 9.64. The fraction of sp³-hybridized carbons (Fsp3) is 0.391. The van der Waals surface area contributed by atoms with Gasteiger partial charge >= 0.3 is 0 Å². The lowest BCUT2D eigenvalue weighted by Crippen LogP contribution is -2.42. The molecule has 1 unspecified atom stereocenters. The summed E-state index contributed by atoms with van der Waals surface area (Å²) in [5.41, 5.74) is 10.7. The van der Waals surface area contributed by atoms with Crippen molar-refractivity contribution in [3.05, 3.63) is 70.2 Å². The molecule has 2 N–H and O–H groups in total. The van der Waals surface area contributed by atoms with Crippen molar-refractivity contribution in [3.63, 3.8) is 0 Å². The molecule has 2 aromatic carbocycles. The molecule has 0 aliphatic heterocycles. The summed E-state index contributed by atoms with van der Waals surface area (Å²) in [6, 6.07) is 14.2. The molecule has 0 saturated heterocycles. The first kappa shape index (κ1) is 19.5. The van der Waals surface area contributed by atoms with E-state index in [-0.39, 0.29) is 11.5 Å². The Morgan fingerprint density at radius 1 is 1.08 bits per heavy atom. The number of benzene rings is 2. The van der Waals surface area contributed by atoms with E-state index in [1.165, 1.54) is 24.8 Å². The third-order valence-electron chi connectivity index (χ3n) is 5.90. The Morgan fingerprint density at radius 2 is 1.65 bits per heavy atom. The van der Waals surface area contributed by atoms with Crippen LogP contribution < -0.4 is 5.73 Å². The van der Waals surface area contributed by atoms with Gasteiger partial charge in [0.05, 0.1) is 10.0 Å². The van der Waals surface area contributed by atoms with Gasteiger partial charge in [-0.1, -0.05) is 84.9 Å². The molecule has 1 atom stereocenters. The summed E-state index contributed by atoms with van der Waals surface area (Å²) in [6.07, 6.45) is 6.80. The SMILES string of the molecule is C=C(Cc1cc(Cl)c(-c2ccccc2)c(Cl)c1)C1(C(C)N)CCCCC1. The quantitative estimate of drug-likeness (QED) is 0.545. The Labute approximate surface area is 167 Å². The summed E-state index contributed by atoms with van der Waals surface area (Å²) < 4.78 is 0. The molecule has 1 saturated carbocycles. The van der Waals surface area contributed by atoms with Gasteiger partial charge in [-0.15, -0.1) is 0 Å². The summed E-state index contributed by atoms with van der Waals surface area (Å²) in [7, 11) is 0. The van der Waals surface area contributed by atoms with E-state index in [4.69, 9.17) is 28.9 Å². The predicted octanol–water partition coefficient (Wildman–Crippen LogP) is 7.06. The summed E-state index contributed by atoms with van der Waals surface area (Å²) in [6.45, 7) is 6.56. The highest BCUT2D eigenvalue weighted by Crippen LogP contribution is 2.45. The van der Waals surface area contributed by atoms with Crippen molar-refractivity contribution in [2.24, 2.45) is 11.1 Å². The minimum absolute atomic E-state index is 0.0370. The fourth-order valence-electron chi connectivity index (χ4n) is 4.34. The Bertz CT molecular complexity index is 751. The smallest absolute Gasteiger partial charge is 0.0502 e. The molecular formula is C23H27Cl2N. The highest BCUT2D eigenvalue weighted by molar-refractivity contribution is 6.39. The average molecular weight is 388 g/mol. The summed E-state index contributed by atoms with van der Waals surface area (Å²) in [4.78, 5) is 0. The molecular weight excluding hydrogens is 361 g/mol. The van der Waals surface area contributed by atoms with Gasteiger partial charge in [0.2, 0.25) is 0 Å². The van der Waals surface area contributed by atoms with Crippen molar-refractivity contribution in [2.45, 2.75) is 51.5 Å². The number of rotatable bonds is 5. The van der Waals surface area contributed by atoms with E-state index in [0.29, 0.717) is 10.0 Å². The van der Waals surface area contributed by atoms with Crippen molar-refractivity contribution in [3.8, 4) is 11.1 Å². The van der Waals surface area contributed by atoms with E-state index in [2.05, 4.69) is 13.5 Å². The van der Waals surface area contributed by atoms with Crippen LogP contribution in [0.2, 0.25) is 10.0 Å². The first-order valence-corrected chi connectivity index (χ1v) is 10.2. The topological polar surface area (TPSA) is 26.0 Å². The van der Waals surface area contributed by atoms with Crippen molar-refractivity contribution < 1.29 is 0 Å². The van der Waals surface area contributed by atoms with E-state index >= 15 is 0 Å². The van der Waals surface area contributed by atoms with Gasteiger partial charge < -0.3 is 5.73 Å². The van der Waals surface area contributed by atoms with Crippen LogP contribution in [0.5, 0.6) is 0 Å². The molecule has 1 nitrogen and oxygen atoms in total.